The van der Waals surface area contributed by atoms with Crippen LogP contribution in [0.5, 0.6) is 0 Å². The molecule has 0 N–H and O–H groups in total. The van der Waals surface area contributed by atoms with Crippen LogP contribution in [-0.2, 0) is 16.0 Å². The van der Waals surface area contributed by atoms with Crippen LogP contribution in [0.4, 0.5) is 4.39 Å². The fourth-order valence-corrected chi connectivity index (χ4v) is 4.47. The van der Waals surface area contributed by atoms with Crippen molar-refractivity contribution < 1.29 is 28.2 Å². The first-order chi connectivity index (χ1) is 15.8. The second-order valence-electron chi connectivity index (χ2n) is 8.15. The lowest BCUT2D eigenvalue weighted by Gasteiger charge is -2.25. The summed E-state index contributed by atoms with van der Waals surface area (Å²) in [4.78, 5) is 40.6. The largest absolute Gasteiger partial charge is 0.461 e. The fraction of sp³-hybridized carbons (Fsp3) is 0.480. The summed E-state index contributed by atoms with van der Waals surface area (Å²) in [6.07, 6.45) is 1.51. The van der Waals surface area contributed by atoms with E-state index in [4.69, 9.17) is 9.47 Å². The van der Waals surface area contributed by atoms with Crippen LogP contribution >= 0.6 is 0 Å². The van der Waals surface area contributed by atoms with Crippen molar-refractivity contribution in [1.29, 1.82) is 0 Å². The highest BCUT2D eigenvalue weighted by Crippen LogP contribution is 2.25. The minimum absolute atomic E-state index is 0.173. The first kappa shape index (κ1) is 24.6. The zero-order valence-electron chi connectivity index (χ0n) is 19.7. The van der Waals surface area contributed by atoms with Gasteiger partial charge in [-0.2, -0.15) is 0 Å². The molecular weight excluding hydrogens is 427 g/mol. The van der Waals surface area contributed by atoms with Gasteiger partial charge in [-0.3, -0.25) is 9.59 Å². The van der Waals surface area contributed by atoms with E-state index >= 15 is 0 Å². The van der Waals surface area contributed by atoms with Crippen molar-refractivity contribution in [3.8, 4) is 0 Å². The third-order valence-corrected chi connectivity index (χ3v) is 5.97. The third-order valence-electron chi connectivity index (χ3n) is 5.97. The Kier molecular flexibility index (Phi) is 8.02. The SMILES string of the molecule is CCOC(=O)c1c(C)c(C(=O)CN(CC2CCCO2)C(=O)c2cccc(F)c2)c(C)n1CC. The summed E-state index contributed by atoms with van der Waals surface area (Å²) < 4.78 is 26.4. The van der Waals surface area contributed by atoms with E-state index in [9.17, 15) is 18.8 Å². The molecule has 7 nitrogen and oxygen atoms in total. The first-order valence-electron chi connectivity index (χ1n) is 11.3. The molecule has 1 aliphatic heterocycles. The summed E-state index contributed by atoms with van der Waals surface area (Å²) in [5, 5.41) is 0. The summed E-state index contributed by atoms with van der Waals surface area (Å²) in [7, 11) is 0. The van der Waals surface area contributed by atoms with Gasteiger partial charge >= 0.3 is 5.97 Å². The number of esters is 1. The maximum Gasteiger partial charge on any atom is 0.355 e. The predicted molar refractivity (Wildman–Crippen MR) is 121 cm³/mol. The standard InChI is InChI=1S/C25H31FN2O5/c1-5-28-17(4)22(16(3)23(28)25(31)32-6-2)21(29)15-27(14-20-11-8-12-33-20)24(30)18-9-7-10-19(26)13-18/h7,9-10,13,20H,5-6,8,11-12,14-15H2,1-4H3. The average Bonchev–Trinajstić information content (AvgIpc) is 3.38. The minimum Gasteiger partial charge on any atom is -0.461 e. The molecule has 1 aliphatic rings. The molecule has 2 heterocycles. The Morgan fingerprint density at radius 2 is 2.00 bits per heavy atom. The van der Waals surface area contributed by atoms with Gasteiger partial charge in [0, 0.05) is 36.5 Å². The maximum atomic E-state index is 13.7. The van der Waals surface area contributed by atoms with E-state index in [1.54, 1.807) is 25.3 Å². The van der Waals surface area contributed by atoms with Crippen LogP contribution in [0.25, 0.3) is 0 Å². The zero-order valence-corrected chi connectivity index (χ0v) is 19.7. The molecule has 1 aromatic carbocycles. The lowest BCUT2D eigenvalue weighted by molar-refractivity contribution is 0.0505. The molecule has 2 aromatic rings. The number of benzene rings is 1. The van der Waals surface area contributed by atoms with Gasteiger partial charge in [0.05, 0.1) is 19.3 Å². The van der Waals surface area contributed by atoms with Gasteiger partial charge in [0.15, 0.2) is 5.78 Å². The number of halogens is 1. The van der Waals surface area contributed by atoms with Crippen LogP contribution in [0, 0.1) is 19.7 Å². The highest BCUT2D eigenvalue weighted by Gasteiger charge is 2.30. The van der Waals surface area contributed by atoms with Crippen LogP contribution in [0.3, 0.4) is 0 Å². The number of hydrogen-bond donors (Lipinski definition) is 0. The van der Waals surface area contributed by atoms with Crippen LogP contribution < -0.4 is 0 Å². The zero-order chi connectivity index (χ0) is 24.1. The van der Waals surface area contributed by atoms with Gasteiger partial charge in [-0.05, 0) is 64.3 Å². The molecule has 1 fully saturated rings. The number of nitrogens with zero attached hydrogens (tertiary/aromatic N) is 2. The molecular formula is C25H31FN2O5. The lowest BCUT2D eigenvalue weighted by Crippen LogP contribution is -2.41. The molecule has 1 saturated heterocycles. The van der Waals surface area contributed by atoms with Crippen molar-refractivity contribution in [3.05, 3.63) is 58.2 Å². The normalized spacial score (nSPS) is 15.5. The number of carbonyl (C=O) groups is 3. The number of aromatic nitrogens is 1. The molecule has 3 rings (SSSR count). The molecule has 178 valence electrons. The Morgan fingerprint density at radius 3 is 2.61 bits per heavy atom. The number of hydrogen-bond acceptors (Lipinski definition) is 5. The van der Waals surface area contributed by atoms with Gasteiger partial charge in [-0.25, -0.2) is 9.18 Å². The van der Waals surface area contributed by atoms with Gasteiger partial charge in [0.25, 0.3) is 5.91 Å². The summed E-state index contributed by atoms with van der Waals surface area (Å²) in [6, 6.07) is 5.43. The summed E-state index contributed by atoms with van der Waals surface area (Å²) in [5.74, 6) is -1.72. The molecule has 33 heavy (non-hydrogen) atoms. The van der Waals surface area contributed by atoms with Crippen LogP contribution in [-0.4, -0.2) is 59.5 Å². The summed E-state index contributed by atoms with van der Waals surface area (Å²) in [5.41, 5.74) is 2.12. The Bertz CT molecular complexity index is 1040. The molecule has 8 heteroatoms. The van der Waals surface area contributed by atoms with Crippen molar-refractivity contribution in [2.75, 3.05) is 26.3 Å². The van der Waals surface area contributed by atoms with Crippen molar-refractivity contribution in [1.82, 2.24) is 9.47 Å². The highest BCUT2D eigenvalue weighted by atomic mass is 19.1. The van der Waals surface area contributed by atoms with Gasteiger partial charge in [0.1, 0.15) is 11.5 Å². The molecule has 0 radical (unpaired) electrons. The molecule has 1 aromatic heterocycles. The van der Waals surface area contributed by atoms with Crippen LogP contribution in [0.15, 0.2) is 24.3 Å². The molecule has 0 spiro atoms. The number of ketones is 1. The van der Waals surface area contributed by atoms with Gasteiger partial charge in [-0.15, -0.1) is 0 Å². The molecule has 0 aliphatic carbocycles. The van der Waals surface area contributed by atoms with Crippen molar-refractivity contribution in [2.24, 2.45) is 0 Å². The average molecular weight is 459 g/mol. The van der Waals surface area contributed by atoms with Crippen LogP contribution in [0.2, 0.25) is 0 Å². The quantitative estimate of drug-likeness (QED) is 0.420. The monoisotopic (exact) mass is 458 g/mol. The van der Waals surface area contributed by atoms with E-state index in [-0.39, 0.29) is 37.1 Å². The Hall–Kier alpha value is -3.00. The van der Waals surface area contributed by atoms with E-state index in [2.05, 4.69) is 0 Å². The minimum atomic E-state index is -0.518. The number of Topliss-reactive ketones (excluding diaryl/α,β-unsaturated/α-hetero) is 1. The number of rotatable bonds is 9. The lowest BCUT2D eigenvalue weighted by atomic mass is 10.0. The summed E-state index contributed by atoms with van der Waals surface area (Å²) in [6.45, 7) is 8.49. The fourth-order valence-electron chi connectivity index (χ4n) is 4.47. The molecule has 0 saturated carbocycles. The van der Waals surface area contributed by atoms with E-state index in [0.29, 0.717) is 35.7 Å². The Labute approximate surface area is 193 Å². The molecule has 1 unspecified atom stereocenters. The van der Waals surface area contributed by atoms with Gasteiger partial charge < -0.3 is 18.9 Å². The summed E-state index contributed by atoms with van der Waals surface area (Å²) >= 11 is 0. The van der Waals surface area contributed by atoms with Gasteiger partial charge in [0.2, 0.25) is 0 Å². The van der Waals surface area contributed by atoms with E-state index in [1.165, 1.54) is 23.1 Å². The first-order valence-corrected chi connectivity index (χ1v) is 11.3. The third kappa shape index (κ3) is 5.33. The number of carbonyl (C=O) groups excluding carboxylic acids is 3. The smallest absolute Gasteiger partial charge is 0.355 e. The molecule has 1 atom stereocenters. The Balaban J connectivity index is 1.93. The maximum absolute atomic E-state index is 13.7. The highest BCUT2D eigenvalue weighted by molar-refractivity contribution is 6.06. The van der Waals surface area contributed by atoms with E-state index < -0.39 is 17.7 Å². The topological polar surface area (TPSA) is 77.8 Å². The Morgan fingerprint density at radius 1 is 1.24 bits per heavy atom. The van der Waals surface area contributed by atoms with E-state index in [0.717, 1.165) is 18.9 Å². The second kappa shape index (κ2) is 10.7. The number of amides is 1. The number of ether oxygens (including phenoxy) is 2. The second-order valence-corrected chi connectivity index (χ2v) is 8.15. The molecule has 0 bridgehead atoms. The predicted octanol–water partition coefficient (Wildman–Crippen LogP) is 3.94. The molecule has 1 amide bonds. The van der Waals surface area contributed by atoms with Crippen molar-refractivity contribution in [2.45, 2.75) is 53.2 Å². The van der Waals surface area contributed by atoms with Gasteiger partial charge in [-0.1, -0.05) is 6.07 Å². The van der Waals surface area contributed by atoms with Crippen molar-refractivity contribution in [3.63, 3.8) is 0 Å². The van der Waals surface area contributed by atoms with Crippen LogP contribution in [0.1, 0.15) is 69.2 Å². The van der Waals surface area contributed by atoms with E-state index in [1.807, 2.05) is 6.92 Å². The van der Waals surface area contributed by atoms with Crippen molar-refractivity contribution >= 4 is 17.7 Å².